The molecule has 0 spiro atoms. The lowest BCUT2D eigenvalue weighted by atomic mass is 9.91. The van der Waals surface area contributed by atoms with Gasteiger partial charge in [0.2, 0.25) is 0 Å². The van der Waals surface area contributed by atoms with Gasteiger partial charge in [-0.1, -0.05) is 30.3 Å². The van der Waals surface area contributed by atoms with Crippen LogP contribution in [-0.4, -0.2) is 29.3 Å². The lowest BCUT2D eigenvalue weighted by Crippen LogP contribution is -2.09. The largest absolute Gasteiger partial charge is 0.496 e. The summed E-state index contributed by atoms with van der Waals surface area (Å²) in [5, 5.41) is 20.7. The van der Waals surface area contributed by atoms with Crippen molar-refractivity contribution in [1.82, 2.24) is 0 Å². The van der Waals surface area contributed by atoms with Crippen LogP contribution < -0.4 is 4.74 Å². The summed E-state index contributed by atoms with van der Waals surface area (Å²) in [4.78, 5) is 23.1. The highest BCUT2D eigenvalue weighted by Gasteiger charge is 2.20. The van der Waals surface area contributed by atoms with Crippen LogP contribution in [0.25, 0.3) is 21.9 Å². The predicted octanol–water partition coefficient (Wildman–Crippen LogP) is 4.22. The van der Waals surface area contributed by atoms with Crippen molar-refractivity contribution >= 4 is 22.7 Å². The van der Waals surface area contributed by atoms with Crippen LogP contribution in [0.1, 0.15) is 26.3 Å². The fourth-order valence-electron chi connectivity index (χ4n) is 3.05. The maximum atomic E-state index is 11.8. The van der Waals surface area contributed by atoms with E-state index in [0.29, 0.717) is 16.9 Å². The summed E-state index contributed by atoms with van der Waals surface area (Å²) < 4.78 is 5.38. The van der Waals surface area contributed by atoms with Gasteiger partial charge in [0, 0.05) is 5.39 Å². The Morgan fingerprint density at radius 2 is 1.72 bits per heavy atom. The molecule has 0 fully saturated rings. The van der Waals surface area contributed by atoms with Gasteiger partial charge in [-0.05, 0) is 47.2 Å². The minimum absolute atomic E-state index is 0.00542. The number of fused-ring (bicyclic) bond motifs is 1. The molecule has 0 saturated heterocycles. The van der Waals surface area contributed by atoms with Gasteiger partial charge in [-0.25, -0.2) is 9.59 Å². The third-order valence-corrected chi connectivity index (χ3v) is 4.28. The lowest BCUT2D eigenvalue weighted by Gasteiger charge is -2.13. The maximum Gasteiger partial charge on any atom is 0.336 e. The van der Waals surface area contributed by atoms with Crippen LogP contribution >= 0.6 is 0 Å². The Morgan fingerprint density at radius 3 is 2.36 bits per heavy atom. The van der Waals surface area contributed by atoms with Crippen molar-refractivity contribution in [3.05, 3.63) is 65.2 Å². The Hall–Kier alpha value is -3.34. The second kappa shape index (κ2) is 6.28. The van der Waals surface area contributed by atoms with Crippen molar-refractivity contribution in [3.8, 4) is 16.9 Å². The minimum Gasteiger partial charge on any atom is -0.496 e. The average Bonchev–Trinajstić information content (AvgIpc) is 2.59. The van der Waals surface area contributed by atoms with Gasteiger partial charge in [-0.2, -0.15) is 0 Å². The number of methoxy groups -OCH3 is 1. The van der Waals surface area contributed by atoms with E-state index >= 15 is 0 Å². The van der Waals surface area contributed by atoms with Gasteiger partial charge in [0.15, 0.2) is 0 Å². The van der Waals surface area contributed by atoms with Gasteiger partial charge >= 0.3 is 11.9 Å². The van der Waals surface area contributed by atoms with Gasteiger partial charge in [-0.3, -0.25) is 0 Å². The highest BCUT2D eigenvalue weighted by molar-refractivity contribution is 6.03. The molecular formula is C20H16O5. The molecule has 126 valence electrons. The number of hydrogen-bond acceptors (Lipinski definition) is 3. The molecule has 0 unspecified atom stereocenters. The Morgan fingerprint density at radius 1 is 0.960 bits per heavy atom. The van der Waals surface area contributed by atoms with Gasteiger partial charge in [0.05, 0.1) is 18.2 Å². The summed E-state index contributed by atoms with van der Waals surface area (Å²) in [7, 11) is 1.58. The summed E-state index contributed by atoms with van der Waals surface area (Å²) in [5.41, 5.74) is 1.38. The first-order valence-electron chi connectivity index (χ1n) is 7.61. The summed E-state index contributed by atoms with van der Waals surface area (Å²) in [6, 6.07) is 14.2. The fraction of sp³-hybridized carbons (Fsp3) is 0.100. The van der Waals surface area contributed by atoms with E-state index in [9.17, 15) is 19.8 Å². The highest BCUT2D eigenvalue weighted by atomic mass is 16.5. The van der Waals surface area contributed by atoms with E-state index in [1.807, 2.05) is 36.4 Å². The summed E-state index contributed by atoms with van der Waals surface area (Å²) >= 11 is 0. The Kier molecular flexibility index (Phi) is 4.15. The molecule has 5 heteroatoms. The van der Waals surface area contributed by atoms with E-state index < -0.39 is 11.9 Å². The van der Waals surface area contributed by atoms with E-state index in [0.717, 1.165) is 10.8 Å². The molecule has 0 saturated carbocycles. The van der Waals surface area contributed by atoms with Crippen LogP contribution in [0.3, 0.4) is 0 Å². The van der Waals surface area contributed by atoms with Crippen molar-refractivity contribution in [2.75, 3.05) is 7.11 Å². The number of rotatable bonds is 4. The molecule has 0 aliphatic rings. The highest BCUT2D eigenvalue weighted by Crippen LogP contribution is 2.33. The summed E-state index contributed by atoms with van der Waals surface area (Å²) in [5.74, 6) is -1.61. The first-order chi connectivity index (χ1) is 11.9. The number of carboxylic acids is 2. The van der Waals surface area contributed by atoms with Gasteiger partial charge < -0.3 is 14.9 Å². The van der Waals surface area contributed by atoms with E-state index in [2.05, 4.69) is 0 Å². The van der Waals surface area contributed by atoms with E-state index in [-0.39, 0.29) is 16.7 Å². The molecule has 0 radical (unpaired) electrons. The van der Waals surface area contributed by atoms with Crippen LogP contribution in [-0.2, 0) is 0 Å². The molecule has 2 N–H and O–H groups in total. The SMILES string of the molecule is COc1cccc2ccc(-c3ccc(C(=O)O)c(C)c3C(=O)O)cc12. The van der Waals surface area contributed by atoms with Crippen molar-refractivity contribution < 1.29 is 24.5 Å². The van der Waals surface area contributed by atoms with Crippen molar-refractivity contribution in [2.45, 2.75) is 6.92 Å². The van der Waals surface area contributed by atoms with Crippen LogP contribution in [0, 0.1) is 6.92 Å². The standard InChI is InChI=1S/C20H16O5/c1-11-14(19(21)22)8-9-15(18(11)20(23)24)13-7-6-12-4-3-5-17(25-2)16(12)10-13/h3-10H,1-2H3,(H,21,22)(H,23,24). The van der Waals surface area contributed by atoms with Crippen LogP contribution in [0.4, 0.5) is 0 Å². The molecular weight excluding hydrogens is 320 g/mol. The quantitative estimate of drug-likeness (QED) is 0.745. The monoisotopic (exact) mass is 336 g/mol. The molecule has 3 aromatic rings. The second-order valence-electron chi connectivity index (χ2n) is 5.67. The zero-order valence-electron chi connectivity index (χ0n) is 13.7. The number of carbonyl (C=O) groups is 2. The lowest BCUT2D eigenvalue weighted by molar-refractivity contribution is 0.0696. The Balaban J connectivity index is 2.29. The Bertz CT molecular complexity index is 1000. The topological polar surface area (TPSA) is 83.8 Å². The van der Waals surface area contributed by atoms with E-state index in [1.54, 1.807) is 7.11 Å². The first kappa shape index (κ1) is 16.5. The second-order valence-corrected chi connectivity index (χ2v) is 5.67. The smallest absolute Gasteiger partial charge is 0.336 e. The first-order valence-corrected chi connectivity index (χ1v) is 7.61. The number of benzene rings is 3. The van der Waals surface area contributed by atoms with Crippen LogP contribution in [0.2, 0.25) is 0 Å². The van der Waals surface area contributed by atoms with Crippen LogP contribution in [0.15, 0.2) is 48.5 Å². The molecule has 3 rings (SSSR count). The molecule has 0 aliphatic heterocycles. The predicted molar refractivity (Wildman–Crippen MR) is 94.6 cm³/mol. The van der Waals surface area contributed by atoms with E-state index in [4.69, 9.17) is 4.74 Å². The van der Waals surface area contributed by atoms with Crippen molar-refractivity contribution in [2.24, 2.45) is 0 Å². The van der Waals surface area contributed by atoms with E-state index in [1.165, 1.54) is 19.1 Å². The molecule has 0 heterocycles. The number of aromatic carboxylic acids is 2. The molecule has 0 aromatic heterocycles. The Labute approximate surface area is 144 Å². The number of ether oxygens (including phenoxy) is 1. The molecule has 0 atom stereocenters. The van der Waals surface area contributed by atoms with Gasteiger partial charge in [-0.15, -0.1) is 0 Å². The fourth-order valence-corrected chi connectivity index (χ4v) is 3.05. The normalized spacial score (nSPS) is 10.6. The van der Waals surface area contributed by atoms with Gasteiger partial charge in [0.25, 0.3) is 0 Å². The molecule has 0 bridgehead atoms. The van der Waals surface area contributed by atoms with Crippen LogP contribution in [0.5, 0.6) is 5.75 Å². The molecule has 0 aliphatic carbocycles. The summed E-state index contributed by atoms with van der Waals surface area (Å²) in [6.45, 7) is 1.51. The zero-order chi connectivity index (χ0) is 18.1. The zero-order valence-corrected chi connectivity index (χ0v) is 13.7. The number of hydrogen-bond donors (Lipinski definition) is 2. The molecule has 25 heavy (non-hydrogen) atoms. The summed E-state index contributed by atoms with van der Waals surface area (Å²) in [6.07, 6.45) is 0. The molecule has 5 nitrogen and oxygen atoms in total. The van der Waals surface area contributed by atoms with Crippen molar-refractivity contribution in [3.63, 3.8) is 0 Å². The molecule has 0 amide bonds. The van der Waals surface area contributed by atoms with Gasteiger partial charge in [0.1, 0.15) is 5.75 Å². The molecule has 3 aromatic carbocycles. The average molecular weight is 336 g/mol. The van der Waals surface area contributed by atoms with Crippen molar-refractivity contribution in [1.29, 1.82) is 0 Å². The maximum absolute atomic E-state index is 11.8. The third-order valence-electron chi connectivity index (χ3n) is 4.28. The minimum atomic E-state index is -1.16. The third kappa shape index (κ3) is 2.80. The number of carboxylic acid groups (broad SMARTS) is 2.